The highest BCUT2D eigenvalue weighted by Crippen LogP contribution is 2.32. The van der Waals surface area contributed by atoms with Crippen LogP contribution in [0.15, 0.2) is 72.9 Å². The minimum Gasteiger partial charge on any atom is -0.490 e. The molecule has 7 heteroatoms. The third-order valence-electron chi connectivity index (χ3n) is 4.60. The number of halogens is 1. The van der Waals surface area contributed by atoms with Gasteiger partial charge in [0, 0.05) is 23.3 Å². The molecule has 1 N–H and O–H groups in total. The molecule has 0 aliphatic carbocycles. The molecule has 0 bridgehead atoms. The van der Waals surface area contributed by atoms with E-state index in [1.807, 2.05) is 80.6 Å². The Balaban J connectivity index is 0.00000289. The van der Waals surface area contributed by atoms with E-state index in [-0.39, 0.29) is 12.4 Å². The highest BCUT2D eigenvalue weighted by atomic mass is 35.5. The number of nitrogens with zero attached hydrogens (tertiary/aromatic N) is 2. The van der Waals surface area contributed by atoms with E-state index >= 15 is 0 Å². The molecule has 1 aromatic heterocycles. The Bertz CT molecular complexity index is 1140. The van der Waals surface area contributed by atoms with Crippen molar-refractivity contribution >= 4 is 34.9 Å². The zero-order valence-corrected chi connectivity index (χ0v) is 18.9. The maximum Gasteiger partial charge on any atom is 0.227 e. The summed E-state index contributed by atoms with van der Waals surface area (Å²) in [7, 11) is 0. The first-order chi connectivity index (χ1) is 15.2. The summed E-state index contributed by atoms with van der Waals surface area (Å²) in [6, 6.07) is 21.6. The van der Waals surface area contributed by atoms with Crippen molar-refractivity contribution in [3.05, 3.63) is 78.5 Å². The van der Waals surface area contributed by atoms with Crippen LogP contribution in [0.3, 0.4) is 0 Å². The molecule has 0 saturated heterocycles. The summed E-state index contributed by atoms with van der Waals surface area (Å²) in [6.45, 7) is 5.55. The predicted octanol–water partition coefficient (Wildman–Crippen LogP) is 6.17. The molecule has 0 unspecified atom stereocenters. The van der Waals surface area contributed by atoms with E-state index in [0.29, 0.717) is 37.3 Å². The number of anilines is 2. The third-order valence-corrected chi connectivity index (χ3v) is 4.60. The molecule has 0 aliphatic rings. The maximum absolute atomic E-state index is 5.84. The molecule has 166 valence electrons. The van der Waals surface area contributed by atoms with Gasteiger partial charge in [0.2, 0.25) is 5.95 Å². The van der Waals surface area contributed by atoms with Crippen LogP contribution in [0, 0.1) is 0 Å². The summed E-state index contributed by atoms with van der Waals surface area (Å²) < 4.78 is 17.2. The minimum absolute atomic E-state index is 0. The van der Waals surface area contributed by atoms with Crippen LogP contribution in [0.1, 0.15) is 19.4 Å². The number of fused-ring (bicyclic) bond motifs is 1. The molecule has 0 saturated carbocycles. The van der Waals surface area contributed by atoms with Crippen molar-refractivity contribution in [2.75, 3.05) is 18.5 Å². The Morgan fingerprint density at radius 2 is 1.50 bits per heavy atom. The van der Waals surface area contributed by atoms with Crippen LogP contribution in [-0.4, -0.2) is 23.2 Å². The number of ether oxygens (including phenoxy) is 3. The SMILES string of the molecule is CCOc1cc2cnc(Nc3ccc(OCc4ccccc4)cc3)nc2cc1OCC.Cl. The lowest BCUT2D eigenvalue weighted by molar-refractivity contribution is 0.288. The summed E-state index contributed by atoms with van der Waals surface area (Å²) in [5, 5.41) is 4.13. The molecule has 1 heterocycles. The molecule has 0 fully saturated rings. The number of rotatable bonds is 9. The fourth-order valence-electron chi connectivity index (χ4n) is 3.14. The van der Waals surface area contributed by atoms with Gasteiger partial charge in [-0.05, 0) is 49.7 Å². The van der Waals surface area contributed by atoms with Gasteiger partial charge in [0.15, 0.2) is 11.5 Å². The molecule has 3 aromatic carbocycles. The molecule has 0 atom stereocenters. The van der Waals surface area contributed by atoms with Gasteiger partial charge < -0.3 is 19.5 Å². The molecule has 0 amide bonds. The second-order valence-electron chi connectivity index (χ2n) is 6.84. The van der Waals surface area contributed by atoms with E-state index in [1.165, 1.54) is 0 Å². The van der Waals surface area contributed by atoms with Crippen molar-refractivity contribution in [3.8, 4) is 17.2 Å². The van der Waals surface area contributed by atoms with Crippen molar-refractivity contribution in [1.29, 1.82) is 0 Å². The Labute approximate surface area is 194 Å². The first-order valence-electron chi connectivity index (χ1n) is 10.4. The Morgan fingerprint density at radius 1 is 0.812 bits per heavy atom. The summed E-state index contributed by atoms with van der Waals surface area (Å²) in [5.41, 5.74) is 2.79. The lowest BCUT2D eigenvalue weighted by Gasteiger charge is -2.12. The number of hydrogen-bond acceptors (Lipinski definition) is 6. The van der Waals surface area contributed by atoms with Crippen LogP contribution in [0.5, 0.6) is 17.2 Å². The predicted molar refractivity (Wildman–Crippen MR) is 130 cm³/mol. The van der Waals surface area contributed by atoms with Crippen LogP contribution in [-0.2, 0) is 6.61 Å². The maximum atomic E-state index is 5.84. The molecule has 32 heavy (non-hydrogen) atoms. The number of hydrogen-bond donors (Lipinski definition) is 1. The van der Waals surface area contributed by atoms with Crippen LogP contribution in [0.4, 0.5) is 11.6 Å². The molecule has 6 nitrogen and oxygen atoms in total. The molecule has 0 aliphatic heterocycles. The van der Waals surface area contributed by atoms with E-state index in [9.17, 15) is 0 Å². The number of nitrogens with one attached hydrogen (secondary N) is 1. The van der Waals surface area contributed by atoms with Gasteiger partial charge in [-0.3, -0.25) is 0 Å². The lowest BCUT2D eigenvalue weighted by Crippen LogP contribution is -2.01. The molecular formula is C25H26ClN3O3. The zero-order chi connectivity index (χ0) is 21.5. The van der Waals surface area contributed by atoms with Gasteiger partial charge in [0.25, 0.3) is 0 Å². The first-order valence-corrected chi connectivity index (χ1v) is 10.4. The second-order valence-corrected chi connectivity index (χ2v) is 6.84. The van der Waals surface area contributed by atoms with Crippen LogP contribution in [0.2, 0.25) is 0 Å². The van der Waals surface area contributed by atoms with Crippen LogP contribution >= 0.6 is 12.4 Å². The molecule has 4 aromatic rings. The second kappa shape index (κ2) is 11.2. The van der Waals surface area contributed by atoms with Gasteiger partial charge in [-0.25, -0.2) is 9.97 Å². The highest BCUT2D eigenvalue weighted by Gasteiger charge is 2.10. The van der Waals surface area contributed by atoms with E-state index in [0.717, 1.165) is 27.9 Å². The summed E-state index contributed by atoms with van der Waals surface area (Å²) in [4.78, 5) is 9.05. The van der Waals surface area contributed by atoms with Crippen LogP contribution in [0.25, 0.3) is 10.9 Å². The van der Waals surface area contributed by atoms with Gasteiger partial charge in [-0.15, -0.1) is 12.4 Å². The fourth-order valence-corrected chi connectivity index (χ4v) is 3.14. The van der Waals surface area contributed by atoms with Crippen molar-refractivity contribution < 1.29 is 14.2 Å². The quantitative estimate of drug-likeness (QED) is 0.328. The van der Waals surface area contributed by atoms with Crippen molar-refractivity contribution in [2.45, 2.75) is 20.5 Å². The average molecular weight is 452 g/mol. The fraction of sp³-hybridized carbons (Fsp3) is 0.200. The monoisotopic (exact) mass is 451 g/mol. The first kappa shape index (κ1) is 23.2. The van der Waals surface area contributed by atoms with E-state index in [4.69, 9.17) is 14.2 Å². The normalized spacial score (nSPS) is 10.3. The molecule has 0 radical (unpaired) electrons. The van der Waals surface area contributed by atoms with Gasteiger partial charge in [-0.1, -0.05) is 30.3 Å². The van der Waals surface area contributed by atoms with Crippen LogP contribution < -0.4 is 19.5 Å². The van der Waals surface area contributed by atoms with Gasteiger partial charge in [-0.2, -0.15) is 0 Å². The van der Waals surface area contributed by atoms with Crippen molar-refractivity contribution in [3.63, 3.8) is 0 Å². The van der Waals surface area contributed by atoms with E-state index in [1.54, 1.807) is 6.20 Å². The zero-order valence-electron chi connectivity index (χ0n) is 18.1. The largest absolute Gasteiger partial charge is 0.490 e. The molecular weight excluding hydrogens is 426 g/mol. The number of aromatic nitrogens is 2. The molecule has 0 spiro atoms. The summed E-state index contributed by atoms with van der Waals surface area (Å²) in [6.07, 6.45) is 1.78. The lowest BCUT2D eigenvalue weighted by atomic mass is 10.2. The van der Waals surface area contributed by atoms with Gasteiger partial charge in [0.05, 0.1) is 18.7 Å². The topological polar surface area (TPSA) is 65.5 Å². The summed E-state index contributed by atoms with van der Waals surface area (Å²) in [5.74, 6) is 2.70. The van der Waals surface area contributed by atoms with E-state index < -0.39 is 0 Å². The van der Waals surface area contributed by atoms with Gasteiger partial charge in [0.1, 0.15) is 12.4 Å². The smallest absolute Gasteiger partial charge is 0.227 e. The highest BCUT2D eigenvalue weighted by molar-refractivity contribution is 5.85. The van der Waals surface area contributed by atoms with Crippen molar-refractivity contribution in [2.24, 2.45) is 0 Å². The number of benzene rings is 3. The third kappa shape index (κ3) is 5.80. The standard InChI is InChI=1S/C25H25N3O3.ClH/c1-3-29-23-14-19-16-26-25(28-22(19)15-24(23)30-4-2)27-20-10-12-21(13-11-20)31-17-18-8-6-5-7-9-18;/h5-16H,3-4,17H2,1-2H3,(H,26,27,28);1H. The molecule has 4 rings (SSSR count). The van der Waals surface area contributed by atoms with Crippen molar-refractivity contribution in [1.82, 2.24) is 9.97 Å². The van der Waals surface area contributed by atoms with Gasteiger partial charge >= 0.3 is 0 Å². The summed E-state index contributed by atoms with van der Waals surface area (Å²) >= 11 is 0. The average Bonchev–Trinajstić information content (AvgIpc) is 2.80. The Morgan fingerprint density at radius 3 is 2.19 bits per heavy atom. The Kier molecular flexibility index (Phi) is 8.11. The Hall–Kier alpha value is -3.51. The minimum atomic E-state index is 0. The van der Waals surface area contributed by atoms with E-state index in [2.05, 4.69) is 15.3 Å².